The standard InChI is InChI=1S/C23H36N2O2/c1-14-11-17-18-5-6-21(26)23(18,4)10-8-19(17)22(3)9-7-16(12-20(14)22)25-27-13-15(2)24/h15,17-20H,1,5-13,24H2,2-4H3/b25-16-/t15?,17-,18-,19-,20?,22+,23-/m0/s1. The fourth-order valence-electron chi connectivity index (χ4n) is 7.15. The van der Waals surface area contributed by atoms with Crippen LogP contribution < -0.4 is 5.73 Å². The summed E-state index contributed by atoms with van der Waals surface area (Å²) in [4.78, 5) is 18.0. The third kappa shape index (κ3) is 2.99. The van der Waals surface area contributed by atoms with Crippen LogP contribution in [0, 0.1) is 34.5 Å². The second kappa shape index (κ2) is 6.72. The molecule has 7 atom stereocenters. The second-order valence-electron chi connectivity index (χ2n) is 10.4. The molecule has 150 valence electrons. The van der Waals surface area contributed by atoms with E-state index < -0.39 is 0 Å². The van der Waals surface area contributed by atoms with Gasteiger partial charge in [0.25, 0.3) is 0 Å². The van der Waals surface area contributed by atoms with E-state index >= 15 is 0 Å². The van der Waals surface area contributed by atoms with E-state index in [4.69, 9.17) is 10.6 Å². The number of carbonyl (C=O) groups excluding carboxylic acids is 1. The van der Waals surface area contributed by atoms with Gasteiger partial charge in [-0.3, -0.25) is 4.79 Å². The Morgan fingerprint density at radius 1 is 1.22 bits per heavy atom. The number of hydrogen-bond donors (Lipinski definition) is 1. The molecule has 27 heavy (non-hydrogen) atoms. The third-order valence-electron chi connectivity index (χ3n) is 8.70. The molecule has 4 aliphatic rings. The highest BCUT2D eigenvalue weighted by Gasteiger charge is 2.60. The van der Waals surface area contributed by atoms with E-state index in [1.165, 1.54) is 17.7 Å². The van der Waals surface area contributed by atoms with Crippen molar-refractivity contribution in [2.24, 2.45) is 45.4 Å². The van der Waals surface area contributed by atoms with Gasteiger partial charge in [0.15, 0.2) is 0 Å². The Bertz CT molecular complexity index is 669. The van der Waals surface area contributed by atoms with Crippen molar-refractivity contribution in [1.82, 2.24) is 0 Å². The molecule has 4 rings (SSSR count). The molecule has 0 saturated heterocycles. The fourth-order valence-corrected chi connectivity index (χ4v) is 7.15. The zero-order valence-electron chi connectivity index (χ0n) is 17.3. The van der Waals surface area contributed by atoms with Crippen LogP contribution in [0.2, 0.25) is 0 Å². The molecule has 0 aromatic carbocycles. The maximum Gasteiger partial charge on any atom is 0.139 e. The molecule has 4 fully saturated rings. The predicted molar refractivity (Wildman–Crippen MR) is 108 cm³/mol. The number of oxime groups is 1. The lowest BCUT2D eigenvalue weighted by Crippen LogP contribution is -2.54. The quantitative estimate of drug-likeness (QED) is 0.586. The summed E-state index contributed by atoms with van der Waals surface area (Å²) >= 11 is 0. The number of hydrogen-bond acceptors (Lipinski definition) is 4. The van der Waals surface area contributed by atoms with Crippen LogP contribution in [-0.4, -0.2) is 24.1 Å². The van der Waals surface area contributed by atoms with Crippen LogP contribution >= 0.6 is 0 Å². The van der Waals surface area contributed by atoms with Crippen LogP contribution in [0.3, 0.4) is 0 Å². The Hall–Kier alpha value is -1.16. The molecule has 2 unspecified atom stereocenters. The molecule has 0 spiro atoms. The maximum atomic E-state index is 12.6. The van der Waals surface area contributed by atoms with Gasteiger partial charge in [-0.2, -0.15) is 0 Å². The molecule has 0 aromatic heterocycles. The van der Waals surface area contributed by atoms with Gasteiger partial charge in [0.1, 0.15) is 12.4 Å². The first-order chi connectivity index (χ1) is 12.8. The van der Waals surface area contributed by atoms with E-state index in [-0.39, 0.29) is 11.5 Å². The van der Waals surface area contributed by atoms with E-state index in [1.807, 2.05) is 6.92 Å². The summed E-state index contributed by atoms with van der Waals surface area (Å²) in [6.07, 6.45) is 8.46. The van der Waals surface area contributed by atoms with Crippen molar-refractivity contribution in [3.8, 4) is 0 Å². The number of nitrogens with two attached hydrogens (primary N) is 1. The van der Waals surface area contributed by atoms with E-state index in [0.717, 1.165) is 50.9 Å². The summed E-state index contributed by atoms with van der Waals surface area (Å²) in [7, 11) is 0. The van der Waals surface area contributed by atoms with Gasteiger partial charge in [-0.05, 0) is 81.0 Å². The molecule has 4 nitrogen and oxygen atoms in total. The fraction of sp³-hybridized carbons (Fsp3) is 0.826. The van der Waals surface area contributed by atoms with Crippen LogP contribution in [0.4, 0.5) is 0 Å². The molecule has 2 N–H and O–H groups in total. The van der Waals surface area contributed by atoms with Gasteiger partial charge in [0.2, 0.25) is 0 Å². The van der Waals surface area contributed by atoms with Crippen LogP contribution in [0.25, 0.3) is 0 Å². The Balaban J connectivity index is 1.54. The van der Waals surface area contributed by atoms with Crippen molar-refractivity contribution < 1.29 is 9.63 Å². The Labute approximate surface area is 164 Å². The normalized spacial score (nSPS) is 46.6. The molecular formula is C23H36N2O2. The van der Waals surface area contributed by atoms with Gasteiger partial charge < -0.3 is 10.6 Å². The number of ketones is 1. The van der Waals surface area contributed by atoms with Gasteiger partial charge in [0, 0.05) is 17.9 Å². The number of Topliss-reactive ketones (excluding diaryl/α,β-unsaturated/α-hetero) is 1. The van der Waals surface area contributed by atoms with Crippen molar-refractivity contribution in [2.45, 2.75) is 78.2 Å². The first kappa shape index (κ1) is 19.2. The summed E-state index contributed by atoms with van der Waals surface area (Å²) in [5.41, 5.74) is 8.57. The first-order valence-corrected chi connectivity index (χ1v) is 10.9. The smallest absolute Gasteiger partial charge is 0.139 e. The van der Waals surface area contributed by atoms with Crippen molar-refractivity contribution in [1.29, 1.82) is 0 Å². The molecule has 4 aliphatic carbocycles. The van der Waals surface area contributed by atoms with Crippen molar-refractivity contribution in [3.05, 3.63) is 12.2 Å². The SMILES string of the molecule is C=C1C[C@@H]2[C@H](CC[C@]3(C)C(=O)CC[C@@H]23)[C@@]2(C)CC/C(=N/OCC(C)N)CC12. The van der Waals surface area contributed by atoms with Gasteiger partial charge in [-0.25, -0.2) is 0 Å². The molecule has 4 heteroatoms. The summed E-state index contributed by atoms with van der Waals surface area (Å²) in [6, 6.07) is 0.0132. The minimum Gasteiger partial charge on any atom is -0.394 e. The molecular weight excluding hydrogens is 336 g/mol. The van der Waals surface area contributed by atoms with E-state index in [0.29, 0.717) is 35.6 Å². The molecule has 0 amide bonds. The molecule has 0 bridgehead atoms. The predicted octanol–water partition coefficient (Wildman–Crippen LogP) is 4.48. The Morgan fingerprint density at radius 3 is 2.74 bits per heavy atom. The lowest BCUT2D eigenvalue weighted by Gasteiger charge is -2.60. The third-order valence-corrected chi connectivity index (χ3v) is 8.70. The van der Waals surface area contributed by atoms with Gasteiger partial charge >= 0.3 is 0 Å². The second-order valence-corrected chi connectivity index (χ2v) is 10.4. The van der Waals surface area contributed by atoms with Crippen LogP contribution in [0.1, 0.15) is 72.1 Å². The lowest BCUT2D eigenvalue weighted by molar-refractivity contribution is -0.134. The zero-order valence-corrected chi connectivity index (χ0v) is 17.3. The van der Waals surface area contributed by atoms with Crippen LogP contribution in [-0.2, 0) is 9.63 Å². The van der Waals surface area contributed by atoms with Crippen molar-refractivity contribution in [3.63, 3.8) is 0 Å². The largest absolute Gasteiger partial charge is 0.394 e. The minimum absolute atomic E-state index is 0.0132. The van der Waals surface area contributed by atoms with Crippen molar-refractivity contribution in [2.75, 3.05) is 6.61 Å². The van der Waals surface area contributed by atoms with Gasteiger partial charge in [0.05, 0.1) is 5.71 Å². The highest BCUT2D eigenvalue weighted by molar-refractivity contribution is 5.87. The average molecular weight is 373 g/mol. The zero-order chi connectivity index (χ0) is 19.4. The average Bonchev–Trinajstić information content (AvgIpc) is 2.91. The molecule has 0 aliphatic heterocycles. The Morgan fingerprint density at radius 2 is 2.00 bits per heavy atom. The highest BCUT2D eigenvalue weighted by Crippen LogP contribution is 2.66. The molecule has 4 saturated carbocycles. The minimum atomic E-state index is -0.0569. The topological polar surface area (TPSA) is 64.7 Å². The lowest BCUT2D eigenvalue weighted by atomic mass is 9.44. The molecule has 0 aromatic rings. The van der Waals surface area contributed by atoms with Crippen molar-refractivity contribution >= 4 is 11.5 Å². The van der Waals surface area contributed by atoms with Crippen LogP contribution in [0.15, 0.2) is 17.3 Å². The highest BCUT2D eigenvalue weighted by atomic mass is 16.6. The maximum absolute atomic E-state index is 12.6. The number of fused-ring (bicyclic) bond motifs is 5. The molecule has 0 radical (unpaired) electrons. The van der Waals surface area contributed by atoms with Gasteiger partial charge in [-0.1, -0.05) is 31.2 Å². The first-order valence-electron chi connectivity index (χ1n) is 10.9. The summed E-state index contributed by atoms with van der Waals surface area (Å²) in [6.45, 7) is 11.7. The van der Waals surface area contributed by atoms with E-state index in [1.54, 1.807) is 0 Å². The molecule has 0 heterocycles. The van der Waals surface area contributed by atoms with E-state index in [9.17, 15) is 4.79 Å². The number of nitrogens with zero attached hydrogens (tertiary/aromatic N) is 1. The van der Waals surface area contributed by atoms with E-state index in [2.05, 4.69) is 25.6 Å². The summed E-state index contributed by atoms with van der Waals surface area (Å²) in [5, 5.41) is 4.41. The summed E-state index contributed by atoms with van der Waals surface area (Å²) < 4.78 is 0. The number of rotatable bonds is 3. The monoisotopic (exact) mass is 372 g/mol. The van der Waals surface area contributed by atoms with Crippen LogP contribution in [0.5, 0.6) is 0 Å². The number of allylic oxidation sites excluding steroid dienone is 1. The Kier molecular flexibility index (Phi) is 4.77. The number of carbonyl (C=O) groups is 1. The van der Waals surface area contributed by atoms with Gasteiger partial charge in [-0.15, -0.1) is 0 Å². The summed E-state index contributed by atoms with van der Waals surface area (Å²) in [5.74, 6) is 2.97.